The number of nitrogens with zero attached hydrogens (tertiary/aromatic N) is 1. The van der Waals surface area contributed by atoms with Gasteiger partial charge in [-0.3, -0.25) is 14.3 Å². The molecule has 248 valence electrons. The number of hydrogen-bond acceptors (Lipinski definition) is 6. The monoisotopic (exact) mass is 666 g/mol. The lowest BCUT2D eigenvalue weighted by Gasteiger charge is -2.49. The van der Waals surface area contributed by atoms with Gasteiger partial charge < -0.3 is 14.4 Å². The topological polar surface area (TPSA) is 84.9 Å². The fourth-order valence-corrected chi connectivity index (χ4v) is 9.00. The summed E-state index contributed by atoms with van der Waals surface area (Å²) in [6.07, 6.45) is 10.5. The van der Waals surface area contributed by atoms with Crippen molar-refractivity contribution in [1.82, 2.24) is 4.72 Å². The number of carbonyl (C=O) groups excluding carboxylic acids is 2. The Morgan fingerprint density at radius 2 is 2.02 bits per heavy atom. The molecular formula is C37H47ClN2O5S. The van der Waals surface area contributed by atoms with E-state index in [1.807, 2.05) is 44.2 Å². The second-order valence-electron chi connectivity index (χ2n) is 14.5. The number of nitrogens with one attached hydrogen (secondary N) is 1. The molecule has 6 unspecified atom stereocenters. The summed E-state index contributed by atoms with van der Waals surface area (Å²) in [6, 6.07) is 11.8. The Morgan fingerprint density at radius 1 is 1.20 bits per heavy atom. The molecule has 2 aliphatic carbocycles. The number of benzene rings is 2. The number of hydrogen-bond donors (Lipinski definition) is 1. The van der Waals surface area contributed by atoms with Gasteiger partial charge in [-0.2, -0.15) is 0 Å². The van der Waals surface area contributed by atoms with Gasteiger partial charge in [-0.25, -0.2) is 4.21 Å². The first-order valence-corrected chi connectivity index (χ1v) is 18.4. The summed E-state index contributed by atoms with van der Waals surface area (Å²) in [4.78, 5) is 28.9. The van der Waals surface area contributed by atoms with Gasteiger partial charge in [0.15, 0.2) is 6.29 Å². The van der Waals surface area contributed by atoms with Crippen molar-refractivity contribution in [2.24, 2.45) is 23.7 Å². The summed E-state index contributed by atoms with van der Waals surface area (Å²) < 4.78 is 29.2. The van der Waals surface area contributed by atoms with E-state index in [0.29, 0.717) is 38.3 Å². The smallest absolute Gasteiger partial charge is 0.263 e. The van der Waals surface area contributed by atoms with Crippen LogP contribution >= 0.6 is 11.6 Å². The lowest BCUT2D eigenvalue weighted by molar-refractivity contribution is -0.143. The minimum absolute atomic E-state index is 0.0114. The van der Waals surface area contributed by atoms with Crippen molar-refractivity contribution in [3.8, 4) is 5.75 Å². The molecule has 7 nitrogen and oxygen atoms in total. The van der Waals surface area contributed by atoms with Crippen molar-refractivity contribution >= 4 is 40.5 Å². The first-order valence-electron chi connectivity index (χ1n) is 16.8. The number of fused-ring (bicyclic) bond motifs is 4. The molecule has 2 aliphatic heterocycles. The van der Waals surface area contributed by atoms with Crippen LogP contribution in [-0.2, 0) is 32.4 Å². The molecule has 0 saturated heterocycles. The minimum Gasteiger partial charge on any atom is -0.490 e. The van der Waals surface area contributed by atoms with E-state index in [2.05, 4.69) is 35.6 Å². The predicted molar refractivity (Wildman–Crippen MR) is 184 cm³/mol. The number of aryl methyl sites for hydroxylation is 1. The second kappa shape index (κ2) is 13.4. The van der Waals surface area contributed by atoms with Gasteiger partial charge in [0.2, 0.25) is 0 Å². The minimum atomic E-state index is -1.59. The SMILES string of the molecule is CC(C)CO[C@@]1(C=O)/C=C/CC(C)C(C)S(=O)NC(=O)c2ccc3c(c2)N(CC2CCC21)CC1(CCCc2cc(Cl)ccc21)CO3. The average Bonchev–Trinajstić information content (AvgIpc) is 3.17. The largest absolute Gasteiger partial charge is 0.490 e. The third-order valence-electron chi connectivity index (χ3n) is 10.8. The van der Waals surface area contributed by atoms with Crippen molar-refractivity contribution in [1.29, 1.82) is 0 Å². The van der Waals surface area contributed by atoms with Gasteiger partial charge in [-0.1, -0.05) is 44.5 Å². The van der Waals surface area contributed by atoms with Crippen molar-refractivity contribution in [3.63, 3.8) is 0 Å². The van der Waals surface area contributed by atoms with Crippen LogP contribution in [0, 0.1) is 23.7 Å². The van der Waals surface area contributed by atoms with E-state index in [0.717, 1.165) is 54.8 Å². The van der Waals surface area contributed by atoms with Crippen LogP contribution in [0.3, 0.4) is 0 Å². The van der Waals surface area contributed by atoms with Crippen LogP contribution in [0.1, 0.15) is 81.3 Å². The number of amides is 1. The van der Waals surface area contributed by atoms with Crippen LogP contribution in [0.2, 0.25) is 5.02 Å². The molecule has 1 fully saturated rings. The summed E-state index contributed by atoms with van der Waals surface area (Å²) in [5.74, 6) is 0.879. The third kappa shape index (κ3) is 6.42. The van der Waals surface area contributed by atoms with Crippen molar-refractivity contribution in [2.45, 2.75) is 82.5 Å². The molecule has 1 saturated carbocycles. The lowest BCUT2D eigenvalue weighted by Crippen LogP contribution is -2.54. The molecule has 1 N–H and O–H groups in total. The molecule has 46 heavy (non-hydrogen) atoms. The van der Waals surface area contributed by atoms with E-state index in [-0.39, 0.29) is 40.2 Å². The van der Waals surface area contributed by atoms with Crippen LogP contribution in [0.15, 0.2) is 48.6 Å². The van der Waals surface area contributed by atoms with Crippen LogP contribution in [0.5, 0.6) is 5.75 Å². The molecular weight excluding hydrogens is 620 g/mol. The molecule has 6 rings (SSSR count). The van der Waals surface area contributed by atoms with Gasteiger partial charge in [-0.05, 0) is 111 Å². The maximum atomic E-state index is 13.5. The number of ether oxygens (including phenoxy) is 2. The Bertz CT molecular complexity index is 1530. The van der Waals surface area contributed by atoms with E-state index in [9.17, 15) is 13.8 Å². The summed E-state index contributed by atoms with van der Waals surface area (Å²) in [7, 11) is -1.59. The molecule has 0 radical (unpaired) electrons. The van der Waals surface area contributed by atoms with E-state index >= 15 is 0 Å². The number of carbonyl (C=O) groups is 2. The predicted octanol–water partition coefficient (Wildman–Crippen LogP) is 6.83. The van der Waals surface area contributed by atoms with Crippen LogP contribution < -0.4 is 14.4 Å². The Balaban J connectivity index is 1.44. The Kier molecular flexibility index (Phi) is 9.71. The highest BCUT2D eigenvalue weighted by Gasteiger charge is 2.49. The van der Waals surface area contributed by atoms with Gasteiger partial charge >= 0.3 is 0 Å². The zero-order valence-corrected chi connectivity index (χ0v) is 29.0. The van der Waals surface area contributed by atoms with Gasteiger partial charge in [0.25, 0.3) is 5.91 Å². The summed E-state index contributed by atoms with van der Waals surface area (Å²) in [5.41, 5.74) is 2.55. The maximum Gasteiger partial charge on any atom is 0.263 e. The molecule has 7 atom stereocenters. The number of anilines is 1. The molecule has 2 heterocycles. The molecule has 4 aliphatic rings. The van der Waals surface area contributed by atoms with Gasteiger partial charge in [-0.15, -0.1) is 0 Å². The molecule has 1 spiro atoms. The van der Waals surface area contributed by atoms with Crippen LogP contribution in [0.4, 0.5) is 5.69 Å². The number of halogens is 1. The highest BCUT2D eigenvalue weighted by atomic mass is 35.5. The third-order valence-corrected chi connectivity index (χ3v) is 12.6. The zero-order valence-electron chi connectivity index (χ0n) is 27.4. The summed E-state index contributed by atoms with van der Waals surface area (Å²) in [6.45, 7) is 10.5. The summed E-state index contributed by atoms with van der Waals surface area (Å²) in [5, 5.41) is 0.452. The number of aldehydes is 1. The Labute approximate surface area is 281 Å². The van der Waals surface area contributed by atoms with E-state index < -0.39 is 16.6 Å². The van der Waals surface area contributed by atoms with Gasteiger partial charge in [0, 0.05) is 35.0 Å². The van der Waals surface area contributed by atoms with Gasteiger partial charge in [0.05, 0.1) is 24.2 Å². The lowest BCUT2D eigenvalue weighted by atomic mass is 9.64. The quantitative estimate of drug-likeness (QED) is 0.285. The van der Waals surface area contributed by atoms with Gasteiger partial charge in [0.1, 0.15) is 22.3 Å². The summed E-state index contributed by atoms with van der Waals surface area (Å²) >= 11 is 6.44. The van der Waals surface area contributed by atoms with E-state index in [1.54, 1.807) is 6.07 Å². The van der Waals surface area contributed by atoms with Crippen molar-refractivity contribution in [2.75, 3.05) is 31.2 Å². The standard InChI is InChI=1S/C37H47ClN2O5S/c1-24(2)20-45-37(22-41)16-5-7-25(3)26(4)46(43)39-35(42)28-10-14-34-33(18-28)40(19-29-9-12-32(29)37)21-36(23-44-34)15-6-8-27-17-30(38)11-13-31(27)36/h5,10-11,13-14,16-18,22,24-26,29,32H,6-9,12,15,19-21,23H2,1-4H3,(H,39,42)/b16-5+/t25?,26?,29?,32?,36?,37-,46?/m1/s1. The van der Waals surface area contributed by atoms with E-state index in [4.69, 9.17) is 21.1 Å². The Hall–Kier alpha value is -2.68. The highest BCUT2D eigenvalue weighted by molar-refractivity contribution is 7.84. The molecule has 2 aromatic carbocycles. The Morgan fingerprint density at radius 3 is 2.76 bits per heavy atom. The van der Waals surface area contributed by atoms with Crippen molar-refractivity contribution in [3.05, 3.63) is 70.3 Å². The maximum absolute atomic E-state index is 13.5. The molecule has 0 aromatic heterocycles. The fraction of sp³-hybridized carbons (Fsp3) is 0.568. The van der Waals surface area contributed by atoms with Crippen LogP contribution in [-0.4, -0.2) is 53.6 Å². The normalized spacial score (nSPS) is 33.6. The van der Waals surface area contributed by atoms with Crippen molar-refractivity contribution < 1.29 is 23.3 Å². The first kappa shape index (κ1) is 33.2. The van der Waals surface area contributed by atoms with Crippen LogP contribution in [0.25, 0.3) is 0 Å². The zero-order chi connectivity index (χ0) is 32.6. The fourth-order valence-electron chi connectivity index (χ4n) is 7.78. The van der Waals surface area contributed by atoms with E-state index in [1.165, 1.54) is 11.1 Å². The molecule has 2 aromatic rings. The second-order valence-corrected chi connectivity index (χ2v) is 16.4. The first-order chi connectivity index (χ1) is 22.0. The molecule has 9 heteroatoms. The number of allylic oxidation sites excluding steroid dienone is 1. The number of rotatable bonds is 4. The highest BCUT2D eigenvalue weighted by Crippen LogP contribution is 2.49. The molecule has 2 bridgehead atoms. The molecule has 1 amide bonds. The average molecular weight is 667 g/mol.